The van der Waals surface area contributed by atoms with Crippen LogP contribution in [0.2, 0.25) is 0 Å². The molecule has 0 aliphatic heterocycles. The Labute approximate surface area is 257 Å². The van der Waals surface area contributed by atoms with E-state index < -0.39 is 32.5 Å². The Hall–Kier alpha value is -1.28. The number of carbonyl (C=O) groups excluding carboxylic acids is 1. The van der Waals surface area contributed by atoms with E-state index in [2.05, 4.69) is 36.5 Å². The van der Waals surface area contributed by atoms with Gasteiger partial charge in [-0.25, -0.2) is 0 Å². The highest BCUT2D eigenvalue weighted by atomic mass is 31.2. The molecule has 0 aromatic heterocycles. The quantitative estimate of drug-likeness (QED) is 0.0426. The summed E-state index contributed by atoms with van der Waals surface area (Å²) in [6, 6.07) is -0.907. The van der Waals surface area contributed by atoms with E-state index in [0.717, 1.165) is 25.7 Å². The van der Waals surface area contributed by atoms with Crippen LogP contribution in [-0.2, 0) is 18.4 Å². The number of quaternary nitrogens is 1. The topological polar surface area (TPSA) is 108 Å². The Balaban J connectivity index is 4.00. The van der Waals surface area contributed by atoms with Gasteiger partial charge < -0.3 is 28.8 Å². The number of phosphoric ester groups is 1. The predicted molar refractivity (Wildman–Crippen MR) is 173 cm³/mol. The van der Waals surface area contributed by atoms with Crippen molar-refractivity contribution in [3.63, 3.8) is 0 Å². The monoisotopic (exact) mass is 614 g/mol. The number of nitrogens with zero attached hydrogens (tertiary/aromatic N) is 1. The molecule has 9 heteroatoms. The molecule has 0 spiro atoms. The summed E-state index contributed by atoms with van der Waals surface area (Å²) < 4.78 is 22.4. The van der Waals surface area contributed by atoms with Crippen molar-refractivity contribution in [1.82, 2.24) is 5.32 Å². The van der Waals surface area contributed by atoms with Gasteiger partial charge in [-0.05, 0) is 38.5 Å². The van der Waals surface area contributed by atoms with Crippen molar-refractivity contribution in [2.75, 3.05) is 40.9 Å². The van der Waals surface area contributed by atoms with Gasteiger partial charge in [-0.2, -0.15) is 0 Å². The lowest BCUT2D eigenvalue weighted by atomic mass is 10.1. The van der Waals surface area contributed by atoms with Crippen molar-refractivity contribution in [2.24, 2.45) is 0 Å². The third-order valence-corrected chi connectivity index (χ3v) is 7.83. The van der Waals surface area contributed by atoms with E-state index >= 15 is 0 Å². The van der Waals surface area contributed by atoms with Crippen LogP contribution in [0.25, 0.3) is 0 Å². The molecule has 0 radical (unpaired) electrons. The average molecular weight is 615 g/mol. The zero-order valence-corrected chi connectivity index (χ0v) is 28.3. The van der Waals surface area contributed by atoms with Gasteiger partial charge in [0.2, 0.25) is 5.91 Å². The number of phosphoric acid groups is 1. The molecule has 8 nitrogen and oxygen atoms in total. The van der Waals surface area contributed by atoms with Crippen LogP contribution >= 0.6 is 7.82 Å². The molecule has 0 bridgehead atoms. The standard InChI is InChI=1S/C33H63N2O6P/c1-6-7-8-9-10-11-12-13-14-15-16-17-18-19-20-21-22-23-24-25-26-27-33(37)32(34-31(2)36)30-41-42(38,39)40-29-28-35(3,4)5/h18-19,22-23,26-27,32-33,37H,6-17,20-21,24-25,28-30H2,1-5H3,(H-,34,36,38,39)/b19-18+,23-22+,27-26+. The lowest BCUT2D eigenvalue weighted by Gasteiger charge is -2.29. The smallest absolute Gasteiger partial charge is 0.268 e. The number of aliphatic hydroxyl groups excluding tert-OH is 1. The van der Waals surface area contributed by atoms with Gasteiger partial charge in [-0.1, -0.05) is 108 Å². The second-order valence-corrected chi connectivity index (χ2v) is 13.6. The summed E-state index contributed by atoms with van der Waals surface area (Å²) in [4.78, 5) is 23.6. The molecule has 2 N–H and O–H groups in total. The number of unbranched alkanes of at least 4 members (excludes halogenated alkanes) is 13. The lowest BCUT2D eigenvalue weighted by Crippen LogP contribution is -2.45. The molecule has 0 heterocycles. The van der Waals surface area contributed by atoms with Crippen molar-refractivity contribution in [3.8, 4) is 0 Å². The number of likely N-dealkylation sites (N-methyl/N-ethyl adjacent to an activating group) is 1. The number of nitrogens with one attached hydrogen (secondary N) is 1. The first kappa shape index (κ1) is 40.7. The van der Waals surface area contributed by atoms with Crippen LogP contribution in [0.1, 0.15) is 117 Å². The molecular formula is C33H63N2O6P. The summed E-state index contributed by atoms with van der Waals surface area (Å²) in [5, 5.41) is 13.0. The van der Waals surface area contributed by atoms with Crippen LogP contribution in [0.15, 0.2) is 36.5 Å². The van der Waals surface area contributed by atoms with Gasteiger partial charge in [-0.15, -0.1) is 0 Å². The predicted octanol–water partition coefficient (Wildman–Crippen LogP) is 6.99. The fourth-order valence-electron chi connectivity index (χ4n) is 4.27. The van der Waals surface area contributed by atoms with Crippen LogP contribution in [0, 0.1) is 0 Å². The molecular weight excluding hydrogens is 551 g/mol. The molecule has 3 unspecified atom stereocenters. The van der Waals surface area contributed by atoms with Crippen LogP contribution in [-0.4, -0.2) is 68.5 Å². The van der Waals surface area contributed by atoms with Crippen molar-refractivity contribution in [3.05, 3.63) is 36.5 Å². The molecule has 3 atom stereocenters. The number of hydrogen-bond acceptors (Lipinski definition) is 6. The maximum Gasteiger partial charge on any atom is 0.268 e. The van der Waals surface area contributed by atoms with E-state index in [0.29, 0.717) is 11.0 Å². The molecule has 1 amide bonds. The summed E-state index contributed by atoms with van der Waals surface area (Å²) in [5.74, 6) is -0.390. The zero-order chi connectivity index (χ0) is 31.5. The van der Waals surface area contributed by atoms with Crippen LogP contribution in [0.5, 0.6) is 0 Å². The molecule has 0 saturated carbocycles. The van der Waals surface area contributed by atoms with E-state index in [4.69, 9.17) is 9.05 Å². The van der Waals surface area contributed by atoms with Crippen LogP contribution < -0.4 is 10.2 Å². The summed E-state index contributed by atoms with van der Waals surface area (Å²) in [7, 11) is 1.22. The first-order chi connectivity index (χ1) is 20.0. The van der Waals surface area contributed by atoms with Gasteiger partial charge in [0.1, 0.15) is 13.2 Å². The van der Waals surface area contributed by atoms with Gasteiger partial charge in [0.25, 0.3) is 7.82 Å². The number of hydrogen-bond donors (Lipinski definition) is 2. The second kappa shape index (κ2) is 26.2. The minimum atomic E-state index is -4.54. The average Bonchev–Trinajstić information content (AvgIpc) is 2.90. The molecule has 0 rings (SSSR count). The Morgan fingerprint density at radius 2 is 1.29 bits per heavy atom. The minimum absolute atomic E-state index is 0.0131. The second-order valence-electron chi connectivity index (χ2n) is 12.2. The number of rotatable bonds is 28. The van der Waals surface area contributed by atoms with Gasteiger partial charge in [0.15, 0.2) is 0 Å². The lowest BCUT2D eigenvalue weighted by molar-refractivity contribution is -0.870. The van der Waals surface area contributed by atoms with E-state index in [9.17, 15) is 19.4 Å². The van der Waals surface area contributed by atoms with Crippen molar-refractivity contribution < 1.29 is 32.9 Å². The molecule has 246 valence electrons. The Bertz CT molecular complexity index is 794. The summed E-state index contributed by atoms with van der Waals surface area (Å²) >= 11 is 0. The molecule has 0 aliphatic rings. The minimum Gasteiger partial charge on any atom is -0.756 e. The zero-order valence-electron chi connectivity index (χ0n) is 27.4. The highest BCUT2D eigenvalue weighted by molar-refractivity contribution is 7.45. The maximum atomic E-state index is 12.0. The van der Waals surface area contributed by atoms with Crippen LogP contribution in [0.3, 0.4) is 0 Å². The molecule has 42 heavy (non-hydrogen) atoms. The van der Waals surface area contributed by atoms with Gasteiger partial charge >= 0.3 is 0 Å². The molecule has 0 aromatic carbocycles. The summed E-state index contributed by atoms with van der Waals surface area (Å²) in [6.45, 7) is 3.63. The fourth-order valence-corrected chi connectivity index (χ4v) is 5.00. The Kier molecular flexibility index (Phi) is 25.4. The van der Waals surface area contributed by atoms with Crippen molar-refractivity contribution in [2.45, 2.75) is 129 Å². The normalized spacial score (nSPS) is 15.5. The Morgan fingerprint density at radius 1 is 0.810 bits per heavy atom. The Morgan fingerprint density at radius 3 is 1.79 bits per heavy atom. The number of carbonyl (C=O) groups is 1. The molecule has 0 aliphatic carbocycles. The number of allylic oxidation sites excluding steroid dienone is 5. The summed E-state index contributed by atoms with van der Waals surface area (Å²) in [5.41, 5.74) is 0. The largest absolute Gasteiger partial charge is 0.756 e. The van der Waals surface area contributed by atoms with Gasteiger partial charge in [0, 0.05) is 6.92 Å². The van der Waals surface area contributed by atoms with Crippen molar-refractivity contribution in [1.29, 1.82) is 0 Å². The maximum absolute atomic E-state index is 12.0. The third kappa shape index (κ3) is 28.8. The van der Waals surface area contributed by atoms with E-state index in [1.165, 1.54) is 84.0 Å². The van der Waals surface area contributed by atoms with Gasteiger partial charge in [-0.3, -0.25) is 9.36 Å². The SMILES string of the molecule is CCCCCCCCCCCCC/C=C/CC/C=C/CC/C=C/C(O)C(COP(=O)([O-])OCC[N+](C)(C)C)NC(C)=O. The molecule has 0 aromatic rings. The van der Waals surface area contributed by atoms with Crippen LogP contribution in [0.4, 0.5) is 0 Å². The fraction of sp³-hybridized carbons (Fsp3) is 0.788. The van der Waals surface area contributed by atoms with Crippen molar-refractivity contribution >= 4 is 13.7 Å². The first-order valence-corrected chi connectivity index (χ1v) is 17.8. The van der Waals surface area contributed by atoms with E-state index in [-0.39, 0.29) is 6.61 Å². The van der Waals surface area contributed by atoms with E-state index in [1.807, 2.05) is 27.2 Å². The number of aliphatic hydroxyl groups is 1. The molecule has 0 saturated heterocycles. The highest BCUT2D eigenvalue weighted by Crippen LogP contribution is 2.38. The third-order valence-electron chi connectivity index (χ3n) is 6.87. The highest BCUT2D eigenvalue weighted by Gasteiger charge is 2.22. The number of amides is 1. The molecule has 0 fully saturated rings. The van der Waals surface area contributed by atoms with E-state index in [1.54, 1.807) is 6.08 Å². The first-order valence-electron chi connectivity index (χ1n) is 16.3. The summed E-state index contributed by atoms with van der Waals surface area (Å²) in [6.07, 6.45) is 31.1. The van der Waals surface area contributed by atoms with Gasteiger partial charge in [0.05, 0.1) is 39.9 Å².